The van der Waals surface area contributed by atoms with Crippen molar-refractivity contribution in [3.05, 3.63) is 59.9 Å². The predicted octanol–water partition coefficient (Wildman–Crippen LogP) is 4.38. The van der Waals surface area contributed by atoms with Crippen LogP contribution in [0.3, 0.4) is 0 Å². The minimum absolute atomic E-state index is 0.211. The van der Waals surface area contributed by atoms with Crippen molar-refractivity contribution in [1.29, 1.82) is 0 Å². The Hall–Kier alpha value is -2.69. The molecule has 25 heavy (non-hydrogen) atoms. The summed E-state index contributed by atoms with van der Waals surface area (Å²) in [6.45, 7) is 12.7. The van der Waals surface area contributed by atoms with Crippen molar-refractivity contribution in [2.45, 2.75) is 39.5 Å². The maximum absolute atomic E-state index is 11.9. The Morgan fingerprint density at radius 1 is 1.12 bits per heavy atom. The summed E-state index contributed by atoms with van der Waals surface area (Å²) >= 11 is 0. The number of rotatable bonds is 7. The fraction of sp³-hybridized carbons (Fsp3) is 0.350. The van der Waals surface area contributed by atoms with Crippen molar-refractivity contribution in [1.82, 2.24) is 15.3 Å². The number of hydrogen-bond donors (Lipinski definition) is 2. The van der Waals surface area contributed by atoms with Gasteiger partial charge in [0.2, 0.25) is 5.95 Å². The molecule has 1 amide bonds. The summed E-state index contributed by atoms with van der Waals surface area (Å²) < 4.78 is 0. The minimum Gasteiger partial charge on any atom is -0.348 e. The van der Waals surface area contributed by atoms with Crippen molar-refractivity contribution >= 4 is 17.5 Å². The molecule has 2 rings (SSSR count). The number of nitrogens with zero attached hydrogens (tertiary/aromatic N) is 2. The Labute approximate surface area is 149 Å². The van der Waals surface area contributed by atoms with Crippen LogP contribution in [-0.2, 0) is 0 Å². The molecule has 0 saturated heterocycles. The molecule has 1 aromatic heterocycles. The van der Waals surface area contributed by atoms with Crippen LogP contribution in [0.2, 0.25) is 0 Å². The summed E-state index contributed by atoms with van der Waals surface area (Å²) in [7, 11) is 0. The van der Waals surface area contributed by atoms with E-state index in [-0.39, 0.29) is 5.91 Å². The lowest BCUT2D eigenvalue weighted by Gasteiger charge is -2.20. The van der Waals surface area contributed by atoms with Crippen LogP contribution in [0.15, 0.2) is 43.2 Å². The van der Waals surface area contributed by atoms with Gasteiger partial charge in [0.1, 0.15) is 0 Å². The van der Waals surface area contributed by atoms with Crippen molar-refractivity contribution < 1.29 is 4.79 Å². The zero-order chi connectivity index (χ0) is 18.4. The molecule has 0 radical (unpaired) electrons. The molecule has 2 N–H and O–H groups in total. The van der Waals surface area contributed by atoms with E-state index in [4.69, 9.17) is 0 Å². The SMILES string of the molecule is C=CCNC(=O)c1cnc(Nc2c(C(C)C)cccc2C(C)C)nc1. The van der Waals surface area contributed by atoms with Crippen LogP contribution in [0.1, 0.15) is 61.0 Å². The third-order valence-electron chi connectivity index (χ3n) is 3.93. The van der Waals surface area contributed by atoms with E-state index in [1.807, 2.05) is 0 Å². The number of benzene rings is 1. The van der Waals surface area contributed by atoms with E-state index >= 15 is 0 Å². The van der Waals surface area contributed by atoms with Gasteiger partial charge in [0.25, 0.3) is 5.91 Å². The van der Waals surface area contributed by atoms with Crippen LogP contribution in [0.5, 0.6) is 0 Å². The molecule has 0 unspecified atom stereocenters. The van der Waals surface area contributed by atoms with E-state index in [1.54, 1.807) is 6.08 Å². The summed E-state index contributed by atoms with van der Waals surface area (Å²) in [6, 6.07) is 6.33. The third kappa shape index (κ3) is 4.66. The Morgan fingerprint density at radius 2 is 1.68 bits per heavy atom. The number of aromatic nitrogens is 2. The first-order valence-corrected chi connectivity index (χ1v) is 8.55. The van der Waals surface area contributed by atoms with Crippen LogP contribution < -0.4 is 10.6 Å². The first-order valence-electron chi connectivity index (χ1n) is 8.55. The molecule has 0 fully saturated rings. The lowest BCUT2D eigenvalue weighted by Crippen LogP contribution is -2.23. The fourth-order valence-corrected chi connectivity index (χ4v) is 2.58. The number of carbonyl (C=O) groups excluding carboxylic acids is 1. The molecule has 0 atom stereocenters. The average molecular weight is 338 g/mol. The highest BCUT2D eigenvalue weighted by Gasteiger charge is 2.15. The second-order valence-corrected chi connectivity index (χ2v) is 6.54. The normalized spacial score (nSPS) is 10.8. The maximum Gasteiger partial charge on any atom is 0.254 e. The fourth-order valence-electron chi connectivity index (χ4n) is 2.58. The van der Waals surface area contributed by atoms with E-state index < -0.39 is 0 Å². The van der Waals surface area contributed by atoms with Gasteiger partial charge in [-0.25, -0.2) is 9.97 Å². The molecule has 1 aromatic carbocycles. The molecule has 132 valence electrons. The van der Waals surface area contributed by atoms with E-state index in [9.17, 15) is 4.79 Å². The molecule has 0 spiro atoms. The zero-order valence-corrected chi connectivity index (χ0v) is 15.3. The lowest BCUT2D eigenvalue weighted by molar-refractivity contribution is 0.0957. The molecule has 0 aliphatic rings. The number of amides is 1. The van der Waals surface area contributed by atoms with Gasteiger partial charge in [-0.2, -0.15) is 0 Å². The highest BCUT2D eigenvalue weighted by atomic mass is 16.1. The van der Waals surface area contributed by atoms with Crippen molar-refractivity contribution in [3.63, 3.8) is 0 Å². The molecule has 0 aliphatic heterocycles. The molecule has 0 aliphatic carbocycles. The molecule has 0 bridgehead atoms. The van der Waals surface area contributed by atoms with Crippen LogP contribution in [-0.4, -0.2) is 22.4 Å². The van der Waals surface area contributed by atoms with Gasteiger partial charge in [-0.3, -0.25) is 4.79 Å². The van der Waals surface area contributed by atoms with Gasteiger partial charge in [-0.15, -0.1) is 6.58 Å². The van der Waals surface area contributed by atoms with Gasteiger partial charge in [-0.1, -0.05) is 52.0 Å². The Bertz CT molecular complexity index is 710. The van der Waals surface area contributed by atoms with Gasteiger partial charge >= 0.3 is 0 Å². The molecular weight excluding hydrogens is 312 g/mol. The second kappa shape index (κ2) is 8.42. The van der Waals surface area contributed by atoms with Crippen LogP contribution in [0.25, 0.3) is 0 Å². The van der Waals surface area contributed by atoms with Crippen molar-refractivity contribution in [2.24, 2.45) is 0 Å². The quantitative estimate of drug-likeness (QED) is 0.735. The molecule has 5 heteroatoms. The van der Waals surface area contributed by atoms with Crippen LogP contribution in [0, 0.1) is 0 Å². The monoisotopic (exact) mass is 338 g/mol. The standard InChI is InChI=1S/C20H26N4O/c1-6-10-21-19(25)15-11-22-20(23-12-15)24-18-16(13(2)3)8-7-9-17(18)14(4)5/h6-9,11-14H,1,10H2,2-5H3,(H,21,25)(H,22,23,24). The van der Waals surface area contributed by atoms with Gasteiger partial charge < -0.3 is 10.6 Å². The zero-order valence-electron chi connectivity index (χ0n) is 15.3. The van der Waals surface area contributed by atoms with Gasteiger partial charge in [0.15, 0.2) is 0 Å². The Morgan fingerprint density at radius 3 is 2.16 bits per heavy atom. The lowest BCUT2D eigenvalue weighted by atomic mass is 9.93. The van der Waals surface area contributed by atoms with Gasteiger partial charge in [0, 0.05) is 24.6 Å². The van der Waals surface area contributed by atoms with E-state index in [0.29, 0.717) is 29.9 Å². The van der Waals surface area contributed by atoms with E-state index in [0.717, 1.165) is 5.69 Å². The summed E-state index contributed by atoms with van der Waals surface area (Å²) in [6.07, 6.45) is 4.69. The Kier molecular flexibility index (Phi) is 6.28. The summed E-state index contributed by atoms with van der Waals surface area (Å²) in [5.41, 5.74) is 3.93. The number of nitrogens with one attached hydrogen (secondary N) is 2. The van der Waals surface area contributed by atoms with E-state index in [1.165, 1.54) is 23.5 Å². The summed E-state index contributed by atoms with van der Waals surface area (Å²) in [5.74, 6) is 1.03. The maximum atomic E-state index is 11.9. The number of carbonyl (C=O) groups is 1. The van der Waals surface area contributed by atoms with Crippen molar-refractivity contribution in [2.75, 3.05) is 11.9 Å². The first kappa shape index (κ1) is 18.6. The summed E-state index contributed by atoms with van der Waals surface area (Å²) in [4.78, 5) is 20.5. The number of hydrogen-bond acceptors (Lipinski definition) is 4. The first-order chi connectivity index (χ1) is 11.9. The molecule has 5 nitrogen and oxygen atoms in total. The Balaban J connectivity index is 2.27. The van der Waals surface area contributed by atoms with Crippen LogP contribution in [0.4, 0.5) is 11.6 Å². The minimum atomic E-state index is -0.211. The third-order valence-corrected chi connectivity index (χ3v) is 3.93. The predicted molar refractivity (Wildman–Crippen MR) is 102 cm³/mol. The topological polar surface area (TPSA) is 66.9 Å². The van der Waals surface area contributed by atoms with Crippen LogP contribution >= 0.6 is 0 Å². The smallest absolute Gasteiger partial charge is 0.254 e. The number of para-hydroxylation sites is 1. The molecule has 2 aromatic rings. The van der Waals surface area contributed by atoms with Gasteiger partial charge in [-0.05, 0) is 23.0 Å². The second-order valence-electron chi connectivity index (χ2n) is 6.54. The molecule has 1 heterocycles. The van der Waals surface area contributed by atoms with Crippen molar-refractivity contribution in [3.8, 4) is 0 Å². The molecule has 0 saturated carbocycles. The largest absolute Gasteiger partial charge is 0.348 e. The van der Waals surface area contributed by atoms with Gasteiger partial charge in [0.05, 0.1) is 5.56 Å². The summed E-state index contributed by atoms with van der Waals surface area (Å²) in [5, 5.41) is 6.05. The highest BCUT2D eigenvalue weighted by Crippen LogP contribution is 2.33. The molecular formula is C20H26N4O. The highest BCUT2D eigenvalue weighted by molar-refractivity contribution is 5.93. The van der Waals surface area contributed by atoms with E-state index in [2.05, 4.69) is 73.1 Å². The average Bonchev–Trinajstić information content (AvgIpc) is 2.60. The number of anilines is 2.